The molecule has 3 nitrogen and oxygen atoms in total. The lowest BCUT2D eigenvalue weighted by atomic mass is 9.85. The third-order valence-corrected chi connectivity index (χ3v) is 1.95. The van der Waals surface area contributed by atoms with Crippen molar-refractivity contribution in [2.75, 3.05) is 0 Å². The van der Waals surface area contributed by atoms with Gasteiger partial charge in [-0.25, -0.2) is 0 Å². The highest BCUT2D eigenvalue weighted by Crippen LogP contribution is 2.21. The molecular weight excluding hydrogens is 132 g/mol. The fourth-order valence-corrected chi connectivity index (χ4v) is 1.31. The molecule has 0 bridgehead atoms. The molecule has 0 amide bonds. The van der Waals surface area contributed by atoms with E-state index in [4.69, 9.17) is 10.2 Å². The van der Waals surface area contributed by atoms with Crippen LogP contribution in [0.15, 0.2) is 0 Å². The standard InChI is InChI=1S/C7H12O3/c1-4-2-5(8)3-6(9)7(4)10/h4-5,7-8,10H,2-3H2,1H3/t4-,5-,7+/m0/s1. The Hall–Kier alpha value is -0.410. The largest absolute Gasteiger partial charge is 0.393 e. The molecule has 0 unspecified atom stereocenters. The van der Waals surface area contributed by atoms with E-state index in [2.05, 4.69) is 0 Å². The number of aliphatic hydroxyl groups is 2. The van der Waals surface area contributed by atoms with Crippen molar-refractivity contribution >= 4 is 5.78 Å². The van der Waals surface area contributed by atoms with Gasteiger partial charge in [0.15, 0.2) is 5.78 Å². The Kier molecular flexibility index (Phi) is 2.06. The fraction of sp³-hybridized carbons (Fsp3) is 0.857. The Bertz CT molecular complexity index is 144. The highest BCUT2D eigenvalue weighted by molar-refractivity contribution is 5.84. The minimum Gasteiger partial charge on any atom is -0.393 e. The number of rotatable bonds is 0. The normalized spacial score (nSPS) is 41.9. The number of Topliss-reactive ketones (excluding diaryl/α,β-unsaturated/α-hetero) is 1. The maximum atomic E-state index is 10.8. The third kappa shape index (κ3) is 1.36. The molecular formula is C7H12O3. The molecule has 1 aliphatic rings. The molecule has 0 aliphatic heterocycles. The van der Waals surface area contributed by atoms with E-state index in [1.807, 2.05) is 0 Å². The summed E-state index contributed by atoms with van der Waals surface area (Å²) in [4.78, 5) is 10.8. The summed E-state index contributed by atoms with van der Waals surface area (Å²) in [5.74, 6) is -0.317. The number of carbonyl (C=O) groups excluding carboxylic acids is 1. The summed E-state index contributed by atoms with van der Waals surface area (Å²) in [6, 6.07) is 0. The van der Waals surface area contributed by atoms with E-state index in [-0.39, 0.29) is 18.1 Å². The summed E-state index contributed by atoms with van der Waals surface area (Å²) in [7, 11) is 0. The highest BCUT2D eigenvalue weighted by atomic mass is 16.3. The van der Waals surface area contributed by atoms with Gasteiger partial charge in [0.1, 0.15) is 6.10 Å². The van der Waals surface area contributed by atoms with Crippen molar-refractivity contribution in [3.63, 3.8) is 0 Å². The van der Waals surface area contributed by atoms with Crippen molar-refractivity contribution in [2.24, 2.45) is 5.92 Å². The monoisotopic (exact) mass is 144 g/mol. The van der Waals surface area contributed by atoms with Crippen LogP contribution in [0.25, 0.3) is 0 Å². The first kappa shape index (κ1) is 7.69. The van der Waals surface area contributed by atoms with Crippen molar-refractivity contribution in [1.29, 1.82) is 0 Å². The van der Waals surface area contributed by atoms with E-state index in [1.165, 1.54) is 0 Å². The lowest BCUT2D eigenvalue weighted by molar-refractivity contribution is -0.136. The number of hydrogen-bond donors (Lipinski definition) is 2. The van der Waals surface area contributed by atoms with Crippen molar-refractivity contribution in [2.45, 2.75) is 32.0 Å². The van der Waals surface area contributed by atoms with Crippen LogP contribution in [-0.2, 0) is 4.79 Å². The topological polar surface area (TPSA) is 57.5 Å². The molecule has 0 aromatic heterocycles. The summed E-state index contributed by atoms with van der Waals surface area (Å²) in [5.41, 5.74) is 0. The summed E-state index contributed by atoms with van der Waals surface area (Å²) in [6.45, 7) is 1.77. The quantitative estimate of drug-likeness (QED) is 0.491. The van der Waals surface area contributed by atoms with Crippen LogP contribution in [0, 0.1) is 5.92 Å². The summed E-state index contributed by atoms with van der Waals surface area (Å²) in [6.07, 6.45) is -0.729. The smallest absolute Gasteiger partial charge is 0.164 e. The average molecular weight is 144 g/mol. The first-order valence-electron chi connectivity index (χ1n) is 3.50. The molecule has 10 heavy (non-hydrogen) atoms. The molecule has 0 saturated heterocycles. The van der Waals surface area contributed by atoms with Gasteiger partial charge in [-0.2, -0.15) is 0 Å². The average Bonchev–Trinajstić information content (AvgIpc) is 1.82. The summed E-state index contributed by atoms with van der Waals surface area (Å²) < 4.78 is 0. The Morgan fingerprint density at radius 1 is 1.50 bits per heavy atom. The van der Waals surface area contributed by atoms with Gasteiger partial charge < -0.3 is 10.2 Å². The maximum Gasteiger partial charge on any atom is 0.164 e. The second-order valence-electron chi connectivity index (χ2n) is 2.98. The maximum absolute atomic E-state index is 10.8. The molecule has 3 atom stereocenters. The molecule has 58 valence electrons. The van der Waals surface area contributed by atoms with Gasteiger partial charge in [-0.05, 0) is 12.3 Å². The lowest BCUT2D eigenvalue weighted by Gasteiger charge is -2.26. The fourth-order valence-electron chi connectivity index (χ4n) is 1.31. The number of ketones is 1. The van der Waals surface area contributed by atoms with Crippen molar-refractivity contribution in [1.82, 2.24) is 0 Å². The van der Waals surface area contributed by atoms with E-state index in [9.17, 15) is 4.79 Å². The van der Waals surface area contributed by atoms with Crippen LogP contribution in [-0.4, -0.2) is 28.2 Å². The third-order valence-electron chi connectivity index (χ3n) is 1.95. The van der Waals surface area contributed by atoms with E-state index >= 15 is 0 Å². The molecule has 0 aromatic rings. The van der Waals surface area contributed by atoms with Gasteiger partial charge in [0.05, 0.1) is 6.10 Å². The van der Waals surface area contributed by atoms with Gasteiger partial charge in [0.2, 0.25) is 0 Å². The molecule has 2 N–H and O–H groups in total. The zero-order valence-corrected chi connectivity index (χ0v) is 5.95. The minimum absolute atomic E-state index is 0.0868. The van der Waals surface area contributed by atoms with E-state index in [0.717, 1.165) is 0 Å². The van der Waals surface area contributed by atoms with Gasteiger partial charge in [-0.3, -0.25) is 4.79 Å². The Morgan fingerprint density at radius 2 is 2.10 bits per heavy atom. The predicted octanol–water partition coefficient (Wildman–Crippen LogP) is -0.293. The number of hydrogen-bond acceptors (Lipinski definition) is 3. The summed E-state index contributed by atoms with van der Waals surface area (Å²) in [5, 5.41) is 18.1. The predicted molar refractivity (Wildman–Crippen MR) is 35.4 cm³/mol. The first-order valence-corrected chi connectivity index (χ1v) is 3.50. The van der Waals surface area contributed by atoms with Crippen LogP contribution >= 0.6 is 0 Å². The molecule has 0 spiro atoms. The van der Waals surface area contributed by atoms with Gasteiger partial charge in [-0.15, -0.1) is 0 Å². The Morgan fingerprint density at radius 3 is 2.60 bits per heavy atom. The molecule has 3 heteroatoms. The van der Waals surface area contributed by atoms with Gasteiger partial charge >= 0.3 is 0 Å². The lowest BCUT2D eigenvalue weighted by Crippen LogP contribution is -2.38. The van der Waals surface area contributed by atoms with Crippen molar-refractivity contribution < 1.29 is 15.0 Å². The molecule has 0 radical (unpaired) electrons. The first-order chi connectivity index (χ1) is 4.61. The summed E-state index contributed by atoms with van der Waals surface area (Å²) >= 11 is 0. The zero-order chi connectivity index (χ0) is 7.72. The minimum atomic E-state index is -0.844. The van der Waals surface area contributed by atoms with Crippen LogP contribution in [0.4, 0.5) is 0 Å². The zero-order valence-electron chi connectivity index (χ0n) is 5.95. The van der Waals surface area contributed by atoms with E-state index < -0.39 is 12.2 Å². The Labute approximate surface area is 59.7 Å². The number of carbonyl (C=O) groups is 1. The second-order valence-corrected chi connectivity index (χ2v) is 2.98. The van der Waals surface area contributed by atoms with Crippen LogP contribution in [0.2, 0.25) is 0 Å². The van der Waals surface area contributed by atoms with Crippen LogP contribution in [0.1, 0.15) is 19.8 Å². The Balaban J connectivity index is 2.57. The second kappa shape index (κ2) is 2.68. The van der Waals surface area contributed by atoms with E-state index in [0.29, 0.717) is 6.42 Å². The molecule has 1 saturated carbocycles. The molecule has 0 aromatic carbocycles. The number of aliphatic hydroxyl groups excluding tert-OH is 2. The molecule has 1 rings (SSSR count). The highest BCUT2D eigenvalue weighted by Gasteiger charge is 2.31. The van der Waals surface area contributed by atoms with Gasteiger partial charge in [0, 0.05) is 6.42 Å². The molecule has 1 fully saturated rings. The van der Waals surface area contributed by atoms with Gasteiger partial charge in [-0.1, -0.05) is 6.92 Å². The molecule has 0 heterocycles. The van der Waals surface area contributed by atoms with Crippen LogP contribution in [0.3, 0.4) is 0 Å². The van der Waals surface area contributed by atoms with Crippen LogP contribution < -0.4 is 0 Å². The van der Waals surface area contributed by atoms with Gasteiger partial charge in [0.25, 0.3) is 0 Å². The van der Waals surface area contributed by atoms with Crippen molar-refractivity contribution in [3.8, 4) is 0 Å². The SMILES string of the molecule is C[C@H]1C[C@H](O)CC(=O)[C@@H]1O. The van der Waals surface area contributed by atoms with Crippen molar-refractivity contribution in [3.05, 3.63) is 0 Å². The van der Waals surface area contributed by atoms with E-state index in [1.54, 1.807) is 6.92 Å². The molecule has 1 aliphatic carbocycles. The van der Waals surface area contributed by atoms with Crippen LogP contribution in [0.5, 0.6) is 0 Å².